The van der Waals surface area contributed by atoms with Crippen LogP contribution in [0.3, 0.4) is 0 Å². The predicted molar refractivity (Wildman–Crippen MR) is 59.5 cm³/mol. The minimum Gasteiger partial charge on any atom is -0.481 e. The van der Waals surface area contributed by atoms with E-state index in [-0.39, 0.29) is 12.5 Å². The quantitative estimate of drug-likeness (QED) is 0.794. The van der Waals surface area contributed by atoms with Crippen LogP contribution in [0.2, 0.25) is 0 Å². The summed E-state index contributed by atoms with van der Waals surface area (Å²) >= 11 is 0. The average molecular weight is 237 g/mol. The summed E-state index contributed by atoms with van der Waals surface area (Å²) in [5, 5.41) is 15.7. The molecule has 1 fully saturated rings. The maximum Gasteiger partial charge on any atom is 0.311 e. The number of hydrogen-bond acceptors (Lipinski definition) is 3. The number of carbonyl (C=O) groups excluding carboxylic acids is 1. The number of aliphatic carboxylic acids is 1. The summed E-state index contributed by atoms with van der Waals surface area (Å²) in [6.45, 7) is 0.178. The third-order valence-electron chi connectivity index (χ3n) is 3.30. The molecule has 1 aliphatic carbocycles. The van der Waals surface area contributed by atoms with E-state index in [4.69, 9.17) is 5.11 Å². The van der Waals surface area contributed by atoms with Gasteiger partial charge < -0.3 is 10.4 Å². The molecule has 1 aliphatic rings. The Kier molecular flexibility index (Phi) is 2.87. The van der Waals surface area contributed by atoms with E-state index < -0.39 is 11.4 Å². The van der Waals surface area contributed by atoms with Gasteiger partial charge in [0.25, 0.3) is 5.91 Å². The number of carboxylic acid groups (broad SMARTS) is 1. The van der Waals surface area contributed by atoms with Crippen molar-refractivity contribution in [1.29, 1.82) is 0 Å². The Balaban J connectivity index is 1.94. The van der Waals surface area contributed by atoms with Crippen LogP contribution >= 0.6 is 0 Å². The van der Waals surface area contributed by atoms with Gasteiger partial charge in [-0.15, -0.1) is 0 Å². The van der Waals surface area contributed by atoms with Gasteiger partial charge in [-0.1, -0.05) is 6.42 Å². The topological polar surface area (TPSA) is 84.2 Å². The van der Waals surface area contributed by atoms with E-state index in [1.807, 2.05) is 0 Å². The molecule has 92 valence electrons. The van der Waals surface area contributed by atoms with E-state index in [1.54, 1.807) is 19.3 Å². The van der Waals surface area contributed by atoms with Gasteiger partial charge >= 0.3 is 5.97 Å². The van der Waals surface area contributed by atoms with Gasteiger partial charge in [-0.3, -0.25) is 14.3 Å². The van der Waals surface area contributed by atoms with Crippen molar-refractivity contribution in [3.05, 3.63) is 18.0 Å². The molecular weight excluding hydrogens is 222 g/mol. The van der Waals surface area contributed by atoms with Crippen LogP contribution in [-0.4, -0.2) is 33.3 Å². The fraction of sp³-hybridized carbons (Fsp3) is 0.545. The largest absolute Gasteiger partial charge is 0.481 e. The summed E-state index contributed by atoms with van der Waals surface area (Å²) in [6.07, 6.45) is 3.84. The molecule has 0 saturated heterocycles. The van der Waals surface area contributed by atoms with Gasteiger partial charge in [0.2, 0.25) is 0 Å². The minimum atomic E-state index is -0.829. The number of hydrogen-bond donors (Lipinski definition) is 2. The van der Waals surface area contributed by atoms with Crippen LogP contribution in [0.1, 0.15) is 29.8 Å². The first-order valence-electron chi connectivity index (χ1n) is 5.55. The molecule has 0 unspecified atom stereocenters. The van der Waals surface area contributed by atoms with E-state index in [0.29, 0.717) is 18.5 Å². The SMILES string of the molecule is Cn1ccc(C(=O)NCC2(C(=O)O)CCC2)n1. The Morgan fingerprint density at radius 3 is 2.71 bits per heavy atom. The zero-order valence-corrected chi connectivity index (χ0v) is 9.64. The number of aryl methyl sites for hydroxylation is 1. The molecule has 2 N–H and O–H groups in total. The van der Waals surface area contributed by atoms with Crippen LogP contribution in [0.15, 0.2) is 12.3 Å². The highest BCUT2D eigenvalue weighted by molar-refractivity contribution is 5.92. The Labute approximate surface area is 98.6 Å². The molecule has 1 heterocycles. The first-order chi connectivity index (χ1) is 8.03. The first-order valence-corrected chi connectivity index (χ1v) is 5.55. The first kappa shape index (κ1) is 11.6. The maximum atomic E-state index is 11.7. The second-order valence-corrected chi connectivity index (χ2v) is 4.50. The lowest BCUT2D eigenvalue weighted by atomic mass is 9.69. The summed E-state index contributed by atoms with van der Waals surface area (Å²) in [6, 6.07) is 1.60. The molecule has 1 aromatic heterocycles. The summed E-state index contributed by atoms with van der Waals surface area (Å²) in [5.74, 6) is -1.15. The lowest BCUT2D eigenvalue weighted by Crippen LogP contribution is -2.47. The van der Waals surface area contributed by atoms with Crippen molar-refractivity contribution in [2.75, 3.05) is 6.54 Å². The van der Waals surface area contributed by atoms with Gasteiger partial charge in [0, 0.05) is 19.8 Å². The summed E-state index contributed by atoms with van der Waals surface area (Å²) in [5.41, 5.74) is -0.447. The molecule has 0 bridgehead atoms. The van der Waals surface area contributed by atoms with E-state index in [1.165, 1.54) is 4.68 Å². The molecular formula is C11H15N3O3. The number of rotatable bonds is 4. The minimum absolute atomic E-state index is 0.178. The van der Waals surface area contributed by atoms with E-state index >= 15 is 0 Å². The van der Waals surface area contributed by atoms with Crippen molar-refractivity contribution in [3.63, 3.8) is 0 Å². The second kappa shape index (κ2) is 4.20. The number of nitrogens with zero attached hydrogens (tertiary/aromatic N) is 2. The van der Waals surface area contributed by atoms with Crippen LogP contribution in [-0.2, 0) is 11.8 Å². The molecule has 6 heteroatoms. The standard InChI is InChI=1S/C11H15N3O3/c1-14-6-3-8(13-14)9(15)12-7-11(10(16)17)4-2-5-11/h3,6H,2,4-5,7H2,1H3,(H,12,15)(H,16,17). The number of nitrogens with one attached hydrogen (secondary N) is 1. The van der Waals surface area contributed by atoms with Crippen molar-refractivity contribution >= 4 is 11.9 Å². The molecule has 0 spiro atoms. The second-order valence-electron chi connectivity index (χ2n) is 4.50. The number of aromatic nitrogens is 2. The zero-order chi connectivity index (χ0) is 12.5. The molecule has 6 nitrogen and oxygen atoms in total. The van der Waals surface area contributed by atoms with Crippen molar-refractivity contribution in [3.8, 4) is 0 Å². The van der Waals surface area contributed by atoms with Crippen molar-refractivity contribution in [2.45, 2.75) is 19.3 Å². The highest BCUT2D eigenvalue weighted by Crippen LogP contribution is 2.40. The number of carboxylic acids is 1. The lowest BCUT2D eigenvalue weighted by molar-refractivity contribution is -0.153. The van der Waals surface area contributed by atoms with Crippen LogP contribution in [0, 0.1) is 5.41 Å². The smallest absolute Gasteiger partial charge is 0.311 e. The molecule has 0 aliphatic heterocycles. The van der Waals surface area contributed by atoms with Gasteiger partial charge in [-0.2, -0.15) is 5.10 Å². The Hall–Kier alpha value is -1.85. The zero-order valence-electron chi connectivity index (χ0n) is 9.64. The highest BCUT2D eigenvalue weighted by Gasteiger charge is 2.44. The Bertz CT molecular complexity index is 449. The van der Waals surface area contributed by atoms with E-state index in [2.05, 4.69) is 10.4 Å². The van der Waals surface area contributed by atoms with Gasteiger partial charge in [0.1, 0.15) is 5.69 Å². The Morgan fingerprint density at radius 1 is 1.59 bits per heavy atom. The van der Waals surface area contributed by atoms with Gasteiger partial charge in [0.05, 0.1) is 5.41 Å². The summed E-state index contributed by atoms with van der Waals surface area (Å²) in [7, 11) is 1.72. The van der Waals surface area contributed by atoms with Crippen molar-refractivity contribution < 1.29 is 14.7 Å². The summed E-state index contributed by atoms with van der Waals surface area (Å²) < 4.78 is 1.53. The highest BCUT2D eigenvalue weighted by atomic mass is 16.4. The molecule has 0 radical (unpaired) electrons. The third-order valence-corrected chi connectivity index (χ3v) is 3.30. The molecule has 2 rings (SSSR count). The van der Waals surface area contributed by atoms with Crippen LogP contribution in [0.4, 0.5) is 0 Å². The average Bonchev–Trinajstić information content (AvgIpc) is 2.62. The molecule has 1 amide bonds. The van der Waals surface area contributed by atoms with Crippen LogP contribution < -0.4 is 5.32 Å². The third kappa shape index (κ3) is 2.15. The van der Waals surface area contributed by atoms with Crippen molar-refractivity contribution in [2.24, 2.45) is 12.5 Å². The fourth-order valence-electron chi connectivity index (χ4n) is 1.95. The lowest BCUT2D eigenvalue weighted by Gasteiger charge is -2.37. The molecule has 1 saturated carbocycles. The summed E-state index contributed by atoms with van der Waals surface area (Å²) in [4.78, 5) is 22.8. The Morgan fingerprint density at radius 2 is 2.29 bits per heavy atom. The van der Waals surface area contributed by atoms with E-state index in [0.717, 1.165) is 6.42 Å². The van der Waals surface area contributed by atoms with Crippen molar-refractivity contribution in [1.82, 2.24) is 15.1 Å². The van der Waals surface area contributed by atoms with Gasteiger partial charge in [-0.05, 0) is 18.9 Å². The van der Waals surface area contributed by atoms with Gasteiger partial charge in [0.15, 0.2) is 0 Å². The molecule has 1 aromatic rings. The molecule has 0 aromatic carbocycles. The predicted octanol–water partition coefficient (Wildman–Crippen LogP) is 0.405. The number of amides is 1. The molecule has 17 heavy (non-hydrogen) atoms. The monoisotopic (exact) mass is 237 g/mol. The van der Waals surface area contributed by atoms with Gasteiger partial charge in [-0.25, -0.2) is 0 Å². The van der Waals surface area contributed by atoms with Crippen LogP contribution in [0.25, 0.3) is 0 Å². The normalized spacial score (nSPS) is 17.2. The fourth-order valence-corrected chi connectivity index (χ4v) is 1.95. The van der Waals surface area contributed by atoms with Crippen LogP contribution in [0.5, 0.6) is 0 Å². The maximum absolute atomic E-state index is 11.7. The van der Waals surface area contributed by atoms with E-state index in [9.17, 15) is 9.59 Å². The molecule has 0 atom stereocenters. The number of carbonyl (C=O) groups is 2.